The van der Waals surface area contributed by atoms with Crippen LogP contribution < -0.4 is 9.80 Å². The van der Waals surface area contributed by atoms with Gasteiger partial charge in [-0.2, -0.15) is 17.7 Å². The Kier molecular flexibility index (Phi) is 5.50. The van der Waals surface area contributed by atoms with Gasteiger partial charge in [-0.3, -0.25) is 0 Å². The zero-order chi connectivity index (χ0) is 24.0. The van der Waals surface area contributed by atoms with E-state index in [0.717, 1.165) is 18.2 Å². The van der Waals surface area contributed by atoms with E-state index in [-0.39, 0.29) is 11.1 Å². The van der Waals surface area contributed by atoms with E-state index >= 15 is 0 Å². The van der Waals surface area contributed by atoms with Crippen LogP contribution in [0.4, 0.5) is 18.9 Å². The van der Waals surface area contributed by atoms with Crippen molar-refractivity contribution in [2.24, 2.45) is 0 Å². The zero-order valence-electron chi connectivity index (χ0n) is 17.8. The second-order valence-electron chi connectivity index (χ2n) is 8.44. The molecule has 0 saturated carbocycles. The van der Waals surface area contributed by atoms with Crippen LogP contribution >= 0.6 is 0 Å². The first-order valence-electron chi connectivity index (χ1n) is 10.4. The van der Waals surface area contributed by atoms with Crippen LogP contribution in [0.5, 0.6) is 0 Å². The van der Waals surface area contributed by atoms with Crippen molar-refractivity contribution in [1.82, 2.24) is 9.80 Å². The molecule has 0 bridgehead atoms. The number of hydrogen-bond donors (Lipinski definition) is 2. The number of nitrogens with one attached hydrogen (secondary N) is 1. The first-order valence-corrected chi connectivity index (χ1v) is 10.4. The Morgan fingerprint density at radius 2 is 1.79 bits per heavy atom. The number of alkyl halides is 3. The number of halogens is 3. The van der Waals surface area contributed by atoms with Crippen molar-refractivity contribution in [3.05, 3.63) is 70.8 Å². The number of benzene rings is 2. The number of rotatable bonds is 3. The van der Waals surface area contributed by atoms with Gasteiger partial charge in [-0.1, -0.05) is 18.2 Å². The zero-order valence-corrected chi connectivity index (χ0v) is 17.8. The molecule has 2 aromatic rings. The molecule has 2 aliphatic heterocycles. The lowest BCUT2D eigenvalue weighted by atomic mass is 9.73. The molecule has 9 heteroatoms. The molecule has 2 amide bonds. The van der Waals surface area contributed by atoms with Gasteiger partial charge in [0.05, 0.1) is 18.2 Å². The normalized spacial score (nSPS) is 22.0. The van der Waals surface area contributed by atoms with E-state index in [4.69, 9.17) is 0 Å². The van der Waals surface area contributed by atoms with E-state index in [1.165, 1.54) is 43.4 Å². The molecule has 1 fully saturated rings. The number of likely N-dealkylation sites (N-methyl/N-ethyl adjacent to an activating group) is 1. The van der Waals surface area contributed by atoms with Gasteiger partial charge in [-0.25, -0.2) is 14.4 Å². The average molecular weight is 459 g/mol. The predicted octanol–water partition coefficient (Wildman–Crippen LogP) is 3.74. The molecule has 1 atom stereocenters. The maximum atomic E-state index is 13.8. The quantitative estimate of drug-likeness (QED) is 0.540. The third-order valence-electron chi connectivity index (χ3n) is 6.63. The molecule has 172 valence electrons. The van der Waals surface area contributed by atoms with Crippen LogP contribution in [0, 0.1) is 0 Å². The summed E-state index contributed by atoms with van der Waals surface area (Å²) in [4.78, 5) is 38.7. The first kappa shape index (κ1) is 22.9. The highest BCUT2D eigenvalue weighted by Gasteiger charge is 2.63. The van der Waals surface area contributed by atoms with Crippen LogP contribution in [0.3, 0.4) is 0 Å². The Bertz CT molecular complexity index is 1180. The number of fused-ring (bicyclic) bond motifs is 2. The Morgan fingerprint density at radius 1 is 1.12 bits per heavy atom. The molecule has 0 aromatic heterocycles. The molecule has 2 N–H and O–H groups in total. The monoisotopic (exact) mass is 459 g/mol. The topological polar surface area (TPSA) is 83.5 Å². The van der Waals surface area contributed by atoms with Gasteiger partial charge in [-0.15, -0.1) is 0 Å². The first-order chi connectivity index (χ1) is 15.5. The number of carbonyl (C=O) groups excluding carboxylic acids is 2. The summed E-state index contributed by atoms with van der Waals surface area (Å²) in [6.07, 6.45) is -1.74. The standard InChI is InChI=1S/C24H21F3N2O4/c1-29(20(30)9-7-15-4-2-3-5-17(15)24(25,26)27)19-8-6-16(21(31)32)14-18(19)23(22(29)33)10-12-28-13-11-23/h2-9,14,28H,10-13H2,1H3/p+1. The van der Waals surface area contributed by atoms with Crippen molar-refractivity contribution in [2.75, 3.05) is 20.1 Å². The molecule has 4 rings (SSSR count). The van der Waals surface area contributed by atoms with Crippen molar-refractivity contribution in [2.45, 2.75) is 24.4 Å². The Balaban J connectivity index is 1.80. The molecule has 2 aromatic carbocycles. The van der Waals surface area contributed by atoms with Gasteiger partial charge in [0.2, 0.25) is 0 Å². The summed E-state index contributed by atoms with van der Waals surface area (Å²) >= 11 is 0. The van der Waals surface area contributed by atoms with Gasteiger partial charge in [0.25, 0.3) is 0 Å². The SMILES string of the molecule is C[N+]1(C(=O)C=Cc2ccccc2C(F)(F)F)C(=O)C2(CCNCC2)c2cc(C(=O)O)ccc21. The van der Waals surface area contributed by atoms with Gasteiger partial charge < -0.3 is 10.4 Å². The largest absolute Gasteiger partial charge is 0.478 e. The van der Waals surface area contributed by atoms with Crippen molar-refractivity contribution in [3.63, 3.8) is 0 Å². The fourth-order valence-corrected chi connectivity index (χ4v) is 4.86. The van der Waals surface area contributed by atoms with Crippen molar-refractivity contribution in [3.8, 4) is 0 Å². The molecule has 0 radical (unpaired) electrons. The number of quaternary nitrogens is 1. The fourth-order valence-electron chi connectivity index (χ4n) is 4.86. The second kappa shape index (κ2) is 7.93. The minimum Gasteiger partial charge on any atom is -0.478 e. The summed E-state index contributed by atoms with van der Waals surface area (Å²) in [6, 6.07) is 9.11. The molecular weight excluding hydrogens is 437 g/mol. The lowest BCUT2D eigenvalue weighted by Gasteiger charge is -2.32. The number of carboxylic acid groups (broad SMARTS) is 1. The number of carbonyl (C=O) groups is 3. The van der Waals surface area contributed by atoms with Gasteiger partial charge in [0, 0.05) is 17.7 Å². The highest BCUT2D eigenvalue weighted by molar-refractivity contribution is 6.21. The van der Waals surface area contributed by atoms with Gasteiger partial charge in [0.15, 0.2) is 5.69 Å². The van der Waals surface area contributed by atoms with Crippen LogP contribution in [-0.4, -0.2) is 43.0 Å². The van der Waals surface area contributed by atoms with Gasteiger partial charge in [0.1, 0.15) is 5.41 Å². The summed E-state index contributed by atoms with van der Waals surface area (Å²) in [6.45, 7) is 1.04. The highest BCUT2D eigenvalue weighted by Crippen LogP contribution is 2.50. The maximum absolute atomic E-state index is 13.8. The van der Waals surface area contributed by atoms with Crippen LogP contribution in [-0.2, 0) is 21.2 Å². The smallest absolute Gasteiger partial charge is 0.416 e. The molecule has 1 saturated heterocycles. The van der Waals surface area contributed by atoms with Crippen LogP contribution in [0.1, 0.15) is 39.9 Å². The van der Waals surface area contributed by atoms with E-state index in [1.54, 1.807) is 0 Å². The van der Waals surface area contributed by atoms with Gasteiger partial charge in [-0.05, 0) is 55.8 Å². The van der Waals surface area contributed by atoms with Crippen LogP contribution in [0.25, 0.3) is 6.08 Å². The fraction of sp³-hybridized carbons (Fsp3) is 0.292. The molecule has 2 heterocycles. The summed E-state index contributed by atoms with van der Waals surface area (Å²) in [5.74, 6) is -2.25. The van der Waals surface area contributed by atoms with Crippen molar-refractivity contribution < 1.29 is 32.7 Å². The summed E-state index contributed by atoms with van der Waals surface area (Å²) in [5, 5.41) is 12.6. The number of hydrogen-bond acceptors (Lipinski definition) is 4. The number of aromatic carboxylic acids is 1. The third kappa shape index (κ3) is 3.57. The van der Waals surface area contributed by atoms with E-state index < -0.39 is 39.4 Å². The lowest BCUT2D eigenvalue weighted by Crippen LogP contribution is -2.58. The third-order valence-corrected chi connectivity index (χ3v) is 6.63. The number of carboxylic acids is 1. The van der Waals surface area contributed by atoms with E-state index in [9.17, 15) is 32.7 Å². The second-order valence-corrected chi connectivity index (χ2v) is 8.44. The number of imide groups is 1. The Hall–Kier alpha value is -3.30. The summed E-state index contributed by atoms with van der Waals surface area (Å²) < 4.78 is 39.2. The lowest BCUT2D eigenvalue weighted by molar-refractivity contribution is -0.142. The summed E-state index contributed by atoms with van der Waals surface area (Å²) in [5.41, 5.74) is -1.25. The number of amides is 2. The molecule has 1 unspecified atom stereocenters. The number of piperidine rings is 1. The van der Waals surface area contributed by atoms with Crippen LogP contribution in [0.15, 0.2) is 48.5 Å². The molecule has 33 heavy (non-hydrogen) atoms. The number of nitrogens with zero attached hydrogens (tertiary/aromatic N) is 1. The summed E-state index contributed by atoms with van der Waals surface area (Å²) in [7, 11) is 1.42. The Morgan fingerprint density at radius 3 is 2.42 bits per heavy atom. The van der Waals surface area contributed by atoms with E-state index in [2.05, 4.69) is 5.32 Å². The van der Waals surface area contributed by atoms with E-state index in [0.29, 0.717) is 37.2 Å². The van der Waals surface area contributed by atoms with Gasteiger partial charge >= 0.3 is 24.0 Å². The Labute approximate surface area is 187 Å². The minimum absolute atomic E-state index is 0.00926. The average Bonchev–Trinajstić information content (AvgIpc) is 2.97. The molecule has 1 spiro atoms. The van der Waals surface area contributed by atoms with Crippen LogP contribution in [0.2, 0.25) is 0 Å². The maximum Gasteiger partial charge on any atom is 0.416 e. The highest BCUT2D eigenvalue weighted by atomic mass is 19.4. The van der Waals surface area contributed by atoms with Crippen molar-refractivity contribution >= 4 is 29.5 Å². The molecule has 2 aliphatic rings. The molecule has 0 aliphatic carbocycles. The minimum atomic E-state index is -4.59. The molecular formula is C24H22F3N2O4+. The van der Waals surface area contributed by atoms with Crippen molar-refractivity contribution in [1.29, 1.82) is 0 Å². The van der Waals surface area contributed by atoms with E-state index in [1.807, 2.05) is 0 Å². The molecule has 6 nitrogen and oxygen atoms in total. The predicted molar refractivity (Wildman–Crippen MR) is 115 cm³/mol.